The molecule has 1 atom stereocenters. The smallest absolute Gasteiger partial charge is 0.335 e. The molecule has 182 valence electrons. The summed E-state index contributed by atoms with van der Waals surface area (Å²) in [7, 11) is 1.57. The van der Waals surface area contributed by atoms with Crippen molar-refractivity contribution in [2.24, 2.45) is 12.5 Å². The van der Waals surface area contributed by atoms with E-state index in [-0.39, 0.29) is 12.3 Å². The van der Waals surface area contributed by atoms with Crippen molar-refractivity contribution in [1.82, 2.24) is 19.4 Å². The lowest BCUT2D eigenvalue weighted by molar-refractivity contribution is -0.146. The van der Waals surface area contributed by atoms with Crippen molar-refractivity contribution in [3.8, 4) is 5.69 Å². The number of carboxylic acids is 1. The summed E-state index contributed by atoms with van der Waals surface area (Å²) in [5.41, 5.74) is -0.250. The number of carbonyl (C=O) groups is 2. The summed E-state index contributed by atoms with van der Waals surface area (Å²) in [6.07, 6.45) is 3.77. The molecule has 0 unspecified atom stereocenters. The molecule has 6 rings (SSSR count). The predicted molar refractivity (Wildman–Crippen MR) is 131 cm³/mol. The van der Waals surface area contributed by atoms with Crippen LogP contribution >= 0.6 is 0 Å². The number of fused-ring (bicyclic) bond motifs is 4. The van der Waals surface area contributed by atoms with Gasteiger partial charge in [-0.25, -0.2) is 14.2 Å². The van der Waals surface area contributed by atoms with Gasteiger partial charge in [0.1, 0.15) is 6.04 Å². The minimum atomic E-state index is -1.09. The van der Waals surface area contributed by atoms with E-state index in [0.717, 1.165) is 48.9 Å². The SMILES string of the molecule is Cn1ccc(=O)n(-c2cccc3c(C[C@H](NC(=O)C45CCN(CC4)CC5)C(=O)O)cccc23)c1=O. The number of aliphatic carboxylic acids is 1. The molecule has 1 aromatic heterocycles. The number of carbonyl (C=O) groups excluding carboxylic acids is 1. The number of aryl methyl sites for hydroxylation is 1. The van der Waals surface area contributed by atoms with Gasteiger partial charge in [0.25, 0.3) is 5.56 Å². The first-order chi connectivity index (χ1) is 16.8. The van der Waals surface area contributed by atoms with Crippen molar-refractivity contribution < 1.29 is 14.7 Å². The number of nitrogens with zero attached hydrogens (tertiary/aromatic N) is 3. The highest BCUT2D eigenvalue weighted by molar-refractivity contribution is 5.93. The van der Waals surface area contributed by atoms with E-state index in [4.69, 9.17) is 0 Å². The fraction of sp³-hybridized carbons (Fsp3) is 0.385. The number of carboxylic acid groups (broad SMARTS) is 1. The molecule has 2 bridgehead atoms. The summed E-state index contributed by atoms with van der Waals surface area (Å²) in [5, 5.41) is 14.2. The average molecular weight is 477 g/mol. The van der Waals surface area contributed by atoms with E-state index in [9.17, 15) is 24.3 Å². The fourth-order valence-electron chi connectivity index (χ4n) is 5.42. The summed E-state index contributed by atoms with van der Waals surface area (Å²) in [5.74, 6) is -1.27. The maximum atomic E-state index is 13.2. The monoisotopic (exact) mass is 476 g/mol. The number of hydrogen-bond donors (Lipinski definition) is 2. The van der Waals surface area contributed by atoms with Crippen LogP contribution in [0.15, 0.2) is 58.3 Å². The third-order valence-corrected chi connectivity index (χ3v) is 7.61. The molecule has 2 N–H and O–H groups in total. The maximum absolute atomic E-state index is 13.2. The molecule has 9 nitrogen and oxygen atoms in total. The number of rotatable bonds is 6. The van der Waals surface area contributed by atoms with E-state index in [1.54, 1.807) is 31.3 Å². The standard InChI is InChI=1S/C26H28N4O5/c1-28-12-8-22(31)30(25(28)35)21-7-3-5-18-17(4-2-6-19(18)21)16-20(23(32)33)27-24(34)26-9-13-29(14-10-26)15-11-26/h2-8,12,20H,9-11,13-16H2,1H3,(H,27,34)(H,32,33)/t20-/m0/s1. The lowest BCUT2D eigenvalue weighted by atomic mass is 9.71. The second-order valence-electron chi connectivity index (χ2n) is 9.61. The summed E-state index contributed by atoms with van der Waals surface area (Å²) >= 11 is 0. The van der Waals surface area contributed by atoms with Gasteiger partial charge in [0.05, 0.1) is 11.1 Å². The first-order valence-corrected chi connectivity index (χ1v) is 11.8. The quantitative estimate of drug-likeness (QED) is 0.554. The molecule has 0 aliphatic carbocycles. The van der Waals surface area contributed by atoms with Crippen LogP contribution in [0.2, 0.25) is 0 Å². The molecule has 0 spiro atoms. The van der Waals surface area contributed by atoms with Crippen LogP contribution < -0.4 is 16.6 Å². The van der Waals surface area contributed by atoms with Gasteiger partial charge in [-0.15, -0.1) is 0 Å². The molecule has 9 heteroatoms. The Balaban J connectivity index is 1.49. The largest absolute Gasteiger partial charge is 0.480 e. The molecule has 0 saturated carbocycles. The topological polar surface area (TPSA) is 114 Å². The summed E-state index contributed by atoms with van der Waals surface area (Å²) < 4.78 is 2.44. The van der Waals surface area contributed by atoms with Crippen LogP contribution in [0.1, 0.15) is 24.8 Å². The zero-order chi connectivity index (χ0) is 24.7. The minimum Gasteiger partial charge on any atom is -0.480 e. The number of hydrogen-bond acceptors (Lipinski definition) is 5. The van der Waals surface area contributed by atoms with Gasteiger partial charge in [-0.1, -0.05) is 30.3 Å². The Hall–Kier alpha value is -3.72. The molecule has 4 heterocycles. The van der Waals surface area contributed by atoms with E-state index in [1.165, 1.54) is 16.8 Å². The molecular weight excluding hydrogens is 448 g/mol. The zero-order valence-electron chi connectivity index (χ0n) is 19.6. The fourth-order valence-corrected chi connectivity index (χ4v) is 5.42. The third-order valence-electron chi connectivity index (χ3n) is 7.61. The van der Waals surface area contributed by atoms with Gasteiger partial charge in [0.2, 0.25) is 5.91 Å². The van der Waals surface area contributed by atoms with Crippen molar-refractivity contribution >= 4 is 22.6 Å². The molecule has 35 heavy (non-hydrogen) atoms. The highest BCUT2D eigenvalue weighted by atomic mass is 16.4. The summed E-state index contributed by atoms with van der Waals surface area (Å²) in [4.78, 5) is 53.0. The van der Waals surface area contributed by atoms with Gasteiger partial charge in [0.15, 0.2) is 0 Å². The Bertz CT molecular complexity index is 1420. The molecule has 3 fully saturated rings. The Morgan fingerprint density at radius 2 is 1.66 bits per heavy atom. The second-order valence-corrected chi connectivity index (χ2v) is 9.61. The molecule has 1 amide bonds. The Morgan fingerprint density at radius 3 is 2.34 bits per heavy atom. The lowest BCUT2D eigenvalue weighted by Gasteiger charge is -2.47. The van der Waals surface area contributed by atoms with Crippen LogP contribution in [0.3, 0.4) is 0 Å². The Kier molecular flexibility index (Phi) is 5.80. The van der Waals surface area contributed by atoms with Gasteiger partial charge in [-0.2, -0.15) is 0 Å². The lowest BCUT2D eigenvalue weighted by Crippen LogP contribution is -2.57. The predicted octanol–water partition coefficient (Wildman–Crippen LogP) is 1.29. The van der Waals surface area contributed by atoms with Crippen LogP contribution in [-0.4, -0.2) is 56.7 Å². The van der Waals surface area contributed by atoms with Crippen LogP contribution in [0.4, 0.5) is 0 Å². The van der Waals surface area contributed by atoms with Crippen LogP contribution in [0.25, 0.3) is 16.5 Å². The first kappa shape index (κ1) is 23.0. The van der Waals surface area contributed by atoms with Gasteiger partial charge < -0.3 is 19.9 Å². The molecule has 2 aromatic carbocycles. The number of benzene rings is 2. The highest BCUT2D eigenvalue weighted by Crippen LogP contribution is 2.40. The maximum Gasteiger partial charge on any atom is 0.335 e. The van der Waals surface area contributed by atoms with Crippen molar-refractivity contribution in [2.75, 3.05) is 19.6 Å². The second kappa shape index (κ2) is 8.81. The highest BCUT2D eigenvalue weighted by Gasteiger charge is 2.46. The summed E-state index contributed by atoms with van der Waals surface area (Å²) in [6.45, 7) is 2.61. The molecular formula is C26H28N4O5. The van der Waals surface area contributed by atoms with Crippen molar-refractivity contribution in [1.29, 1.82) is 0 Å². The molecule has 3 aliphatic heterocycles. The number of aromatic nitrogens is 2. The first-order valence-electron chi connectivity index (χ1n) is 11.8. The molecule has 3 aromatic rings. The molecule has 0 radical (unpaired) electrons. The van der Waals surface area contributed by atoms with E-state index in [2.05, 4.69) is 10.2 Å². The Labute approximate surface area is 201 Å². The number of amides is 1. The Morgan fingerprint density at radius 1 is 1.00 bits per heavy atom. The van der Waals surface area contributed by atoms with Crippen molar-refractivity contribution in [3.05, 3.63) is 75.1 Å². The van der Waals surface area contributed by atoms with Gasteiger partial charge in [0, 0.05) is 31.1 Å². The van der Waals surface area contributed by atoms with Crippen LogP contribution in [0, 0.1) is 5.41 Å². The van der Waals surface area contributed by atoms with E-state index >= 15 is 0 Å². The van der Waals surface area contributed by atoms with E-state index in [1.807, 2.05) is 12.1 Å². The van der Waals surface area contributed by atoms with Crippen molar-refractivity contribution in [3.63, 3.8) is 0 Å². The van der Waals surface area contributed by atoms with E-state index < -0.39 is 28.7 Å². The molecule has 3 saturated heterocycles. The van der Waals surface area contributed by atoms with Gasteiger partial charge in [-0.3, -0.25) is 9.59 Å². The van der Waals surface area contributed by atoms with Crippen molar-refractivity contribution in [2.45, 2.75) is 31.7 Å². The third kappa shape index (κ3) is 4.05. The van der Waals surface area contributed by atoms with Crippen LogP contribution in [-0.2, 0) is 23.1 Å². The van der Waals surface area contributed by atoms with Gasteiger partial charge in [-0.05, 0) is 55.9 Å². The normalized spacial score (nSPS) is 22.1. The summed E-state index contributed by atoms with van der Waals surface area (Å²) in [6, 6.07) is 10.9. The average Bonchev–Trinajstić information content (AvgIpc) is 2.87. The van der Waals surface area contributed by atoms with E-state index in [0.29, 0.717) is 16.6 Å². The van der Waals surface area contributed by atoms with Crippen LogP contribution in [0.5, 0.6) is 0 Å². The zero-order valence-corrected chi connectivity index (χ0v) is 19.6. The number of nitrogens with one attached hydrogen (secondary N) is 1. The van der Waals surface area contributed by atoms with Gasteiger partial charge >= 0.3 is 11.7 Å². The molecule has 3 aliphatic rings. The minimum absolute atomic E-state index is 0.0891. The number of piperidine rings is 3.